The minimum absolute atomic E-state index is 0.0344. The molecule has 2 rings (SSSR count). The smallest absolute Gasteiger partial charge is 0.407 e. The van der Waals surface area contributed by atoms with E-state index in [1.54, 1.807) is 20.8 Å². The summed E-state index contributed by atoms with van der Waals surface area (Å²) in [7, 11) is 0. The van der Waals surface area contributed by atoms with E-state index in [1.165, 1.54) is 6.07 Å². The Kier molecular flexibility index (Phi) is 3.85. The molecule has 6 nitrogen and oxygen atoms in total. The molecule has 1 aromatic rings. The Hall–Kier alpha value is -2.18. The first-order chi connectivity index (χ1) is 9.67. The van der Waals surface area contributed by atoms with E-state index in [0.29, 0.717) is 12.0 Å². The Morgan fingerprint density at radius 3 is 2.67 bits per heavy atom. The van der Waals surface area contributed by atoms with Crippen LogP contribution in [0.15, 0.2) is 18.2 Å². The fourth-order valence-electron chi connectivity index (χ4n) is 2.08. The van der Waals surface area contributed by atoms with Gasteiger partial charge in [0.05, 0.1) is 4.92 Å². The van der Waals surface area contributed by atoms with Gasteiger partial charge in [0.1, 0.15) is 5.60 Å². The van der Waals surface area contributed by atoms with Gasteiger partial charge < -0.3 is 10.1 Å². The van der Waals surface area contributed by atoms with Gasteiger partial charge in [-0.25, -0.2) is 4.79 Å². The van der Waals surface area contributed by atoms with Crippen LogP contribution >= 0.6 is 0 Å². The van der Waals surface area contributed by atoms with E-state index in [9.17, 15) is 19.3 Å². The summed E-state index contributed by atoms with van der Waals surface area (Å²) in [6, 6.07) is 3.69. The molecule has 0 radical (unpaired) electrons. The highest BCUT2D eigenvalue weighted by molar-refractivity contribution is 5.69. The molecule has 0 bridgehead atoms. The van der Waals surface area contributed by atoms with Gasteiger partial charge in [0, 0.05) is 18.0 Å². The maximum atomic E-state index is 13.5. The molecule has 1 aliphatic rings. The van der Waals surface area contributed by atoms with Gasteiger partial charge in [-0.2, -0.15) is 4.39 Å². The number of nitrogens with zero attached hydrogens (tertiary/aromatic N) is 1. The Labute approximate surface area is 121 Å². The predicted octanol–water partition coefficient (Wildman–Crippen LogP) is 3.11. The lowest BCUT2D eigenvalue weighted by atomic mass is 10.1. The summed E-state index contributed by atoms with van der Waals surface area (Å²) in [5.74, 6) is -0.895. The number of carbonyl (C=O) groups is 1. The van der Waals surface area contributed by atoms with Crippen molar-refractivity contribution in [2.75, 3.05) is 0 Å². The van der Waals surface area contributed by atoms with Crippen molar-refractivity contribution in [2.45, 2.75) is 44.8 Å². The third-order valence-electron chi connectivity index (χ3n) is 3.09. The Morgan fingerprint density at radius 1 is 1.48 bits per heavy atom. The predicted molar refractivity (Wildman–Crippen MR) is 73.6 cm³/mol. The van der Waals surface area contributed by atoms with Gasteiger partial charge in [0.2, 0.25) is 5.82 Å². The average Bonchev–Trinajstić information content (AvgIpc) is 3.04. The fraction of sp³-hybridized carbons (Fsp3) is 0.500. The molecular weight excluding hydrogens is 279 g/mol. The molecule has 0 saturated heterocycles. The number of carbonyl (C=O) groups excluding carboxylic acids is 1. The highest BCUT2D eigenvalue weighted by Crippen LogP contribution is 2.41. The number of nitrogens with one attached hydrogen (secondary N) is 1. The molecule has 1 fully saturated rings. The van der Waals surface area contributed by atoms with Crippen molar-refractivity contribution >= 4 is 11.8 Å². The molecule has 1 aromatic carbocycles. The minimum atomic E-state index is -0.861. The van der Waals surface area contributed by atoms with Crippen LogP contribution in [0.2, 0.25) is 0 Å². The van der Waals surface area contributed by atoms with E-state index in [0.717, 1.165) is 12.1 Å². The molecule has 1 aliphatic carbocycles. The van der Waals surface area contributed by atoms with Crippen LogP contribution in [0, 0.1) is 15.9 Å². The zero-order valence-corrected chi connectivity index (χ0v) is 12.1. The van der Waals surface area contributed by atoms with Crippen LogP contribution in [-0.4, -0.2) is 22.7 Å². The number of benzene rings is 1. The second kappa shape index (κ2) is 5.31. The Morgan fingerprint density at radius 2 is 2.14 bits per heavy atom. The second-order valence-electron chi connectivity index (χ2n) is 6.06. The lowest BCUT2D eigenvalue weighted by Gasteiger charge is -2.19. The summed E-state index contributed by atoms with van der Waals surface area (Å²) < 4.78 is 18.7. The van der Waals surface area contributed by atoms with Crippen molar-refractivity contribution in [3.05, 3.63) is 39.7 Å². The highest BCUT2D eigenvalue weighted by atomic mass is 19.1. The number of hydrogen-bond donors (Lipinski definition) is 1. The molecule has 0 spiro atoms. The Bertz CT molecular complexity index is 583. The first kappa shape index (κ1) is 15.2. The first-order valence-electron chi connectivity index (χ1n) is 6.61. The maximum Gasteiger partial charge on any atom is 0.407 e. The van der Waals surface area contributed by atoms with Gasteiger partial charge in [-0.3, -0.25) is 10.1 Å². The zero-order valence-electron chi connectivity index (χ0n) is 12.1. The summed E-state index contributed by atoms with van der Waals surface area (Å²) in [6.45, 7) is 5.30. The summed E-state index contributed by atoms with van der Waals surface area (Å²) in [6.07, 6.45) is 0.147. The highest BCUT2D eigenvalue weighted by Gasteiger charge is 2.41. The van der Waals surface area contributed by atoms with E-state index in [1.807, 2.05) is 0 Å². The molecule has 0 aliphatic heterocycles. The summed E-state index contributed by atoms with van der Waals surface area (Å²) >= 11 is 0. The number of rotatable bonds is 3. The average molecular weight is 296 g/mol. The van der Waals surface area contributed by atoms with E-state index in [4.69, 9.17) is 4.74 Å². The third kappa shape index (κ3) is 3.90. The summed E-state index contributed by atoms with van der Waals surface area (Å²) in [4.78, 5) is 21.4. The van der Waals surface area contributed by atoms with Crippen LogP contribution in [0.5, 0.6) is 0 Å². The zero-order chi connectivity index (χ0) is 15.8. The van der Waals surface area contributed by atoms with Gasteiger partial charge in [-0.1, -0.05) is 6.07 Å². The number of nitro benzene ring substituents is 1. The van der Waals surface area contributed by atoms with Crippen molar-refractivity contribution in [3.63, 3.8) is 0 Å². The van der Waals surface area contributed by atoms with E-state index >= 15 is 0 Å². The maximum absolute atomic E-state index is 13.5. The SMILES string of the molecule is CC(C)(C)OC(=O)N[C@@H]1C[C@H]1c1ccc([N+](=O)[O-])c(F)c1. The normalized spacial score (nSPS) is 20.8. The van der Waals surface area contributed by atoms with Crippen LogP contribution in [-0.2, 0) is 4.74 Å². The molecular formula is C14H17FN2O4. The molecule has 21 heavy (non-hydrogen) atoms. The standard InChI is InChI=1S/C14H17FN2O4/c1-14(2,3)21-13(18)16-11-7-9(11)8-4-5-12(17(19)20)10(15)6-8/h4-6,9,11H,7H2,1-3H3,(H,16,18)/t9-,11+/m0/s1. The van der Waals surface area contributed by atoms with Gasteiger partial charge in [-0.05, 0) is 38.8 Å². The number of ether oxygens (including phenoxy) is 1. The van der Waals surface area contributed by atoms with Crippen molar-refractivity contribution < 1.29 is 18.8 Å². The minimum Gasteiger partial charge on any atom is -0.444 e. The molecule has 1 N–H and O–H groups in total. The lowest BCUT2D eigenvalue weighted by Crippen LogP contribution is -2.34. The largest absolute Gasteiger partial charge is 0.444 e. The van der Waals surface area contributed by atoms with Crippen molar-refractivity contribution in [1.29, 1.82) is 0 Å². The molecule has 2 atom stereocenters. The molecule has 1 saturated carbocycles. The summed E-state index contributed by atoms with van der Waals surface area (Å²) in [5, 5.41) is 13.3. The fourth-order valence-corrected chi connectivity index (χ4v) is 2.08. The molecule has 0 unspecified atom stereocenters. The van der Waals surface area contributed by atoms with Gasteiger partial charge >= 0.3 is 11.8 Å². The molecule has 0 heterocycles. The van der Waals surface area contributed by atoms with E-state index < -0.39 is 28.1 Å². The molecule has 7 heteroatoms. The van der Waals surface area contributed by atoms with Crippen molar-refractivity contribution in [1.82, 2.24) is 5.32 Å². The van der Waals surface area contributed by atoms with Crippen LogP contribution in [0.4, 0.5) is 14.9 Å². The number of amides is 1. The summed E-state index contributed by atoms with van der Waals surface area (Å²) in [5.41, 5.74) is -0.483. The topological polar surface area (TPSA) is 81.5 Å². The van der Waals surface area contributed by atoms with Crippen molar-refractivity contribution in [3.8, 4) is 0 Å². The second-order valence-corrected chi connectivity index (χ2v) is 6.06. The quantitative estimate of drug-likeness (QED) is 0.686. The van der Waals surface area contributed by atoms with Gasteiger partial charge in [0.25, 0.3) is 0 Å². The van der Waals surface area contributed by atoms with Gasteiger partial charge in [-0.15, -0.1) is 0 Å². The van der Waals surface area contributed by atoms with E-state index in [2.05, 4.69) is 5.32 Å². The van der Waals surface area contributed by atoms with Crippen LogP contribution in [0.25, 0.3) is 0 Å². The van der Waals surface area contributed by atoms with E-state index in [-0.39, 0.29) is 12.0 Å². The lowest BCUT2D eigenvalue weighted by molar-refractivity contribution is -0.387. The number of hydrogen-bond acceptors (Lipinski definition) is 4. The van der Waals surface area contributed by atoms with Gasteiger partial charge in [0.15, 0.2) is 0 Å². The van der Waals surface area contributed by atoms with Crippen LogP contribution < -0.4 is 5.32 Å². The molecule has 114 valence electrons. The number of nitro groups is 1. The van der Waals surface area contributed by atoms with Crippen molar-refractivity contribution in [2.24, 2.45) is 0 Å². The Balaban J connectivity index is 1.96. The molecule has 0 aromatic heterocycles. The number of halogens is 1. The number of alkyl carbamates (subject to hydrolysis) is 1. The molecule has 1 amide bonds. The third-order valence-corrected chi connectivity index (χ3v) is 3.09. The van der Waals surface area contributed by atoms with Crippen LogP contribution in [0.1, 0.15) is 38.7 Å². The first-order valence-corrected chi connectivity index (χ1v) is 6.61. The van der Waals surface area contributed by atoms with Crippen LogP contribution in [0.3, 0.4) is 0 Å². The monoisotopic (exact) mass is 296 g/mol.